The molecule has 1 fully saturated rings. The van der Waals surface area contributed by atoms with Gasteiger partial charge in [0, 0.05) is 61.2 Å². The first-order valence-corrected chi connectivity index (χ1v) is 8.82. The van der Waals surface area contributed by atoms with Gasteiger partial charge in [0.1, 0.15) is 12.0 Å². The van der Waals surface area contributed by atoms with Crippen LogP contribution in [0.1, 0.15) is 12.8 Å². The Bertz CT molecular complexity index is 1150. The Balaban J connectivity index is 1.43. The van der Waals surface area contributed by atoms with Gasteiger partial charge in [-0.3, -0.25) is 9.20 Å². The van der Waals surface area contributed by atoms with Crippen LogP contribution in [-0.4, -0.2) is 60.0 Å². The van der Waals surface area contributed by atoms with Crippen LogP contribution in [0.15, 0.2) is 37.1 Å². The van der Waals surface area contributed by atoms with E-state index in [0.717, 1.165) is 34.2 Å². The molecule has 0 saturated carbocycles. The van der Waals surface area contributed by atoms with E-state index in [2.05, 4.69) is 30.5 Å². The zero-order chi connectivity index (χ0) is 18.4. The van der Waals surface area contributed by atoms with Gasteiger partial charge in [-0.05, 0) is 18.6 Å². The highest BCUT2D eigenvalue weighted by Gasteiger charge is 2.23. The number of rotatable bonds is 3. The molecule has 0 radical (unpaired) electrons. The van der Waals surface area contributed by atoms with Gasteiger partial charge in [0.15, 0.2) is 5.65 Å². The number of hydrogen-bond donors (Lipinski definition) is 2. The van der Waals surface area contributed by atoms with E-state index >= 15 is 0 Å². The number of anilines is 1. The van der Waals surface area contributed by atoms with E-state index in [1.54, 1.807) is 11.2 Å². The van der Waals surface area contributed by atoms with E-state index in [4.69, 9.17) is 0 Å². The normalized spacial score (nSPS) is 17.7. The fourth-order valence-corrected chi connectivity index (χ4v) is 3.52. The third-order valence-corrected chi connectivity index (χ3v) is 4.99. The number of pyridine rings is 1. The molecule has 1 aliphatic rings. The van der Waals surface area contributed by atoms with Crippen molar-refractivity contribution in [1.29, 1.82) is 0 Å². The molecule has 27 heavy (non-hydrogen) atoms. The van der Waals surface area contributed by atoms with Gasteiger partial charge in [-0.15, -0.1) is 10.2 Å². The van der Waals surface area contributed by atoms with Gasteiger partial charge in [0.25, 0.3) is 0 Å². The van der Waals surface area contributed by atoms with E-state index in [1.165, 1.54) is 0 Å². The molecule has 5 heterocycles. The van der Waals surface area contributed by atoms with Gasteiger partial charge in [0.05, 0.1) is 0 Å². The van der Waals surface area contributed by atoms with Gasteiger partial charge in [-0.1, -0.05) is 0 Å². The molecule has 9 heteroatoms. The van der Waals surface area contributed by atoms with Crippen LogP contribution in [0.4, 0.5) is 5.95 Å². The lowest BCUT2D eigenvalue weighted by Gasteiger charge is -2.30. The summed E-state index contributed by atoms with van der Waals surface area (Å²) in [5.41, 5.74) is 3.63. The first-order valence-electron chi connectivity index (χ1n) is 8.82. The number of aromatic amines is 1. The number of carbonyl (C=O) groups excluding carboxylic acids is 1. The van der Waals surface area contributed by atoms with E-state index in [-0.39, 0.29) is 11.9 Å². The molecule has 0 aliphatic carbocycles. The maximum absolute atomic E-state index is 11.6. The molecule has 5 rings (SSSR count). The molecular weight excluding hydrogens is 344 g/mol. The number of piperidine rings is 1. The predicted molar refractivity (Wildman–Crippen MR) is 100 cm³/mol. The van der Waals surface area contributed by atoms with Crippen molar-refractivity contribution in [3.63, 3.8) is 0 Å². The fraction of sp³-hybridized carbons (Fsp3) is 0.278. The number of nitrogens with zero attached hydrogens (tertiary/aromatic N) is 6. The molecule has 1 amide bonds. The Labute approximate surface area is 154 Å². The van der Waals surface area contributed by atoms with Crippen molar-refractivity contribution >= 4 is 28.5 Å². The van der Waals surface area contributed by atoms with E-state index in [9.17, 15) is 4.79 Å². The molecule has 1 unspecified atom stereocenters. The summed E-state index contributed by atoms with van der Waals surface area (Å²) >= 11 is 0. The van der Waals surface area contributed by atoms with Crippen molar-refractivity contribution in [1.82, 2.24) is 34.4 Å². The van der Waals surface area contributed by atoms with E-state index < -0.39 is 0 Å². The fourth-order valence-electron chi connectivity index (χ4n) is 3.52. The van der Waals surface area contributed by atoms with Crippen LogP contribution < -0.4 is 5.32 Å². The van der Waals surface area contributed by atoms with Crippen molar-refractivity contribution < 1.29 is 4.79 Å². The lowest BCUT2D eigenvalue weighted by atomic mass is 10.1. The molecule has 9 nitrogen and oxygen atoms in total. The monoisotopic (exact) mass is 362 g/mol. The quantitative estimate of drug-likeness (QED) is 0.575. The summed E-state index contributed by atoms with van der Waals surface area (Å²) in [5.74, 6) is 0.751. The molecule has 0 aromatic carbocycles. The highest BCUT2D eigenvalue weighted by atomic mass is 16.2. The second-order valence-electron chi connectivity index (χ2n) is 6.83. The predicted octanol–water partition coefficient (Wildman–Crippen LogP) is 1.70. The number of hydrogen-bond acceptors (Lipinski definition) is 6. The number of likely N-dealkylation sites (tertiary alicyclic amines) is 1. The lowest BCUT2D eigenvalue weighted by molar-refractivity contribution is -0.132. The zero-order valence-electron chi connectivity index (χ0n) is 14.8. The maximum Gasteiger partial charge on any atom is 0.224 e. The highest BCUT2D eigenvalue weighted by molar-refractivity contribution is 5.93. The summed E-state index contributed by atoms with van der Waals surface area (Å²) < 4.78 is 1.88. The average molecular weight is 362 g/mol. The van der Waals surface area contributed by atoms with E-state index in [1.807, 2.05) is 42.2 Å². The Hall–Kier alpha value is -3.49. The minimum Gasteiger partial charge on any atom is -0.350 e. The summed E-state index contributed by atoms with van der Waals surface area (Å²) in [6, 6.07) is 4.10. The second kappa shape index (κ2) is 6.04. The number of carbonyl (C=O) groups is 1. The summed E-state index contributed by atoms with van der Waals surface area (Å²) in [5, 5.41) is 12.2. The first-order chi connectivity index (χ1) is 13.2. The number of aromatic nitrogens is 6. The zero-order valence-corrected chi connectivity index (χ0v) is 14.8. The minimum absolute atomic E-state index is 0.163. The van der Waals surface area contributed by atoms with Crippen LogP contribution in [0, 0.1) is 0 Å². The van der Waals surface area contributed by atoms with Gasteiger partial charge in [-0.2, -0.15) is 4.98 Å². The lowest BCUT2D eigenvalue weighted by Crippen LogP contribution is -2.43. The van der Waals surface area contributed by atoms with Crippen molar-refractivity contribution in [2.24, 2.45) is 0 Å². The smallest absolute Gasteiger partial charge is 0.224 e. The summed E-state index contributed by atoms with van der Waals surface area (Å²) in [4.78, 5) is 25.7. The minimum atomic E-state index is 0.163. The van der Waals surface area contributed by atoms with Crippen molar-refractivity contribution in [2.45, 2.75) is 18.9 Å². The third kappa shape index (κ3) is 2.77. The molecule has 0 spiro atoms. The van der Waals surface area contributed by atoms with Crippen LogP contribution in [0.5, 0.6) is 0 Å². The number of H-pyrrole nitrogens is 1. The van der Waals surface area contributed by atoms with Crippen molar-refractivity contribution in [3.8, 4) is 11.1 Å². The van der Waals surface area contributed by atoms with Gasteiger partial charge in [0.2, 0.25) is 11.9 Å². The number of nitrogens with one attached hydrogen (secondary N) is 2. The largest absolute Gasteiger partial charge is 0.350 e. The van der Waals surface area contributed by atoms with Crippen LogP contribution in [0.2, 0.25) is 0 Å². The molecular formula is C18H18N8O. The topological polar surface area (TPSA) is 104 Å². The van der Waals surface area contributed by atoms with Gasteiger partial charge in [-0.25, -0.2) is 4.98 Å². The van der Waals surface area contributed by atoms with Crippen LogP contribution in [-0.2, 0) is 4.79 Å². The van der Waals surface area contributed by atoms with Crippen molar-refractivity contribution in [3.05, 3.63) is 37.1 Å². The maximum atomic E-state index is 11.6. The molecule has 136 valence electrons. The molecule has 4 aromatic rings. The molecule has 1 aliphatic heterocycles. The molecule has 2 N–H and O–H groups in total. The van der Waals surface area contributed by atoms with Gasteiger partial charge < -0.3 is 15.2 Å². The summed E-state index contributed by atoms with van der Waals surface area (Å²) in [7, 11) is 1.82. The van der Waals surface area contributed by atoms with E-state index in [0.29, 0.717) is 18.9 Å². The Morgan fingerprint density at radius 2 is 2.26 bits per heavy atom. The second-order valence-corrected chi connectivity index (χ2v) is 6.83. The Morgan fingerprint density at radius 1 is 1.33 bits per heavy atom. The third-order valence-electron chi connectivity index (χ3n) is 4.99. The van der Waals surface area contributed by atoms with Crippen LogP contribution in [0.25, 0.3) is 27.8 Å². The summed E-state index contributed by atoms with van der Waals surface area (Å²) in [6.07, 6.45) is 8.76. The summed E-state index contributed by atoms with van der Waals surface area (Å²) in [6.45, 7) is 0.662. The number of likely N-dealkylation sites (N-methyl/N-ethyl adjacent to an activating group) is 1. The van der Waals surface area contributed by atoms with Crippen LogP contribution >= 0.6 is 0 Å². The highest BCUT2D eigenvalue weighted by Crippen LogP contribution is 2.28. The Morgan fingerprint density at radius 3 is 3.15 bits per heavy atom. The Kier molecular flexibility index (Phi) is 3.52. The van der Waals surface area contributed by atoms with Crippen LogP contribution in [0.3, 0.4) is 0 Å². The molecule has 1 saturated heterocycles. The SMILES string of the molecule is CN1CC(Nc2ncc3c(-c4ccc5nncn5c4)c[nH]c3n2)CCC1=O. The number of fused-ring (bicyclic) bond motifs is 2. The molecule has 0 bridgehead atoms. The number of amides is 1. The van der Waals surface area contributed by atoms with Crippen molar-refractivity contribution in [2.75, 3.05) is 18.9 Å². The first kappa shape index (κ1) is 15.7. The molecule has 1 atom stereocenters. The average Bonchev–Trinajstić information content (AvgIpc) is 3.30. The molecule has 4 aromatic heterocycles. The van der Waals surface area contributed by atoms with Gasteiger partial charge >= 0.3 is 0 Å². The standard InChI is InChI=1S/C18H18N8O/c1-25-9-12(3-5-16(25)27)22-18-20-7-14-13(6-19-17(14)23-18)11-2-4-15-24-21-10-26(15)8-11/h2,4,6-8,10,12H,3,5,9H2,1H3,(H2,19,20,22,23).